The van der Waals surface area contributed by atoms with Gasteiger partial charge in [0.05, 0.1) is 0 Å². The molecular formula is C18H33N3. The first-order chi connectivity index (χ1) is 9.95. The first kappa shape index (κ1) is 18.0. The zero-order valence-electron chi connectivity index (χ0n) is 14.7. The van der Waals surface area contributed by atoms with Crippen LogP contribution in [0.25, 0.3) is 0 Å². The van der Waals surface area contributed by atoms with Gasteiger partial charge in [0.2, 0.25) is 0 Å². The minimum absolute atomic E-state index is 0.494. The number of hydrogen-bond donors (Lipinski definition) is 1. The number of aromatic nitrogens is 1. The summed E-state index contributed by atoms with van der Waals surface area (Å²) in [6, 6.07) is 5.40. The molecule has 1 N–H and O–H groups in total. The zero-order valence-corrected chi connectivity index (χ0v) is 14.7. The van der Waals surface area contributed by atoms with Crippen molar-refractivity contribution in [1.82, 2.24) is 10.3 Å². The third-order valence-corrected chi connectivity index (χ3v) is 3.80. The van der Waals surface area contributed by atoms with Crippen molar-refractivity contribution in [2.24, 2.45) is 0 Å². The van der Waals surface area contributed by atoms with E-state index in [1.165, 1.54) is 24.8 Å². The van der Waals surface area contributed by atoms with Crippen LogP contribution in [0.3, 0.4) is 0 Å². The quantitative estimate of drug-likeness (QED) is 0.688. The third kappa shape index (κ3) is 6.04. The van der Waals surface area contributed by atoms with Crippen molar-refractivity contribution in [3.63, 3.8) is 0 Å². The molecule has 0 fully saturated rings. The Bertz CT molecular complexity index is 413. The molecule has 1 aromatic rings. The minimum Gasteiger partial charge on any atom is -0.354 e. The highest BCUT2D eigenvalue weighted by Gasteiger charge is 2.12. The molecule has 0 aliphatic rings. The lowest BCUT2D eigenvalue weighted by Gasteiger charge is -2.28. The number of hydrogen-bond acceptors (Lipinski definition) is 3. The largest absolute Gasteiger partial charge is 0.354 e. The van der Waals surface area contributed by atoms with E-state index in [1.807, 2.05) is 0 Å². The van der Waals surface area contributed by atoms with Crippen molar-refractivity contribution < 1.29 is 0 Å². The van der Waals surface area contributed by atoms with Crippen LogP contribution in [0.5, 0.6) is 0 Å². The summed E-state index contributed by atoms with van der Waals surface area (Å²) in [5.74, 6) is 1.12. The molecular weight excluding hydrogens is 258 g/mol. The molecule has 0 aliphatic heterocycles. The van der Waals surface area contributed by atoms with Crippen LogP contribution in [0.4, 0.5) is 5.82 Å². The predicted octanol–water partition coefficient (Wildman–Crippen LogP) is 4.29. The minimum atomic E-state index is 0.494. The molecule has 1 rings (SSSR count). The molecule has 120 valence electrons. The summed E-state index contributed by atoms with van der Waals surface area (Å²) >= 11 is 0. The number of rotatable bonds is 9. The second-order valence-corrected chi connectivity index (χ2v) is 6.44. The van der Waals surface area contributed by atoms with Crippen molar-refractivity contribution in [2.75, 3.05) is 11.4 Å². The van der Waals surface area contributed by atoms with Gasteiger partial charge in [-0.2, -0.15) is 0 Å². The lowest BCUT2D eigenvalue weighted by molar-refractivity contribution is 0.585. The van der Waals surface area contributed by atoms with E-state index in [-0.39, 0.29) is 0 Å². The van der Waals surface area contributed by atoms with Crippen molar-refractivity contribution >= 4 is 5.82 Å². The second-order valence-electron chi connectivity index (χ2n) is 6.44. The van der Waals surface area contributed by atoms with Gasteiger partial charge in [0.15, 0.2) is 0 Å². The van der Waals surface area contributed by atoms with Crippen LogP contribution in [-0.2, 0) is 6.54 Å². The highest BCUT2D eigenvalue weighted by Crippen LogP contribution is 2.18. The van der Waals surface area contributed by atoms with Gasteiger partial charge in [0.1, 0.15) is 5.82 Å². The molecule has 0 spiro atoms. The molecule has 0 aliphatic carbocycles. The topological polar surface area (TPSA) is 28.2 Å². The smallest absolute Gasteiger partial charge is 0.129 e. The van der Waals surface area contributed by atoms with E-state index in [4.69, 9.17) is 4.98 Å². The molecule has 3 nitrogen and oxygen atoms in total. The number of pyridine rings is 1. The number of nitrogens with zero attached hydrogens (tertiary/aromatic N) is 2. The van der Waals surface area contributed by atoms with E-state index in [1.54, 1.807) is 0 Å². The Morgan fingerprint density at radius 3 is 2.38 bits per heavy atom. The maximum atomic E-state index is 4.84. The predicted molar refractivity (Wildman–Crippen MR) is 93.0 cm³/mol. The van der Waals surface area contributed by atoms with Crippen LogP contribution < -0.4 is 10.2 Å². The van der Waals surface area contributed by atoms with Crippen LogP contribution >= 0.6 is 0 Å². The fourth-order valence-corrected chi connectivity index (χ4v) is 2.41. The fraction of sp³-hybridized carbons (Fsp3) is 0.722. The van der Waals surface area contributed by atoms with E-state index < -0.39 is 0 Å². The molecule has 1 aromatic heterocycles. The van der Waals surface area contributed by atoms with E-state index in [2.05, 4.69) is 63.9 Å². The van der Waals surface area contributed by atoms with Crippen LogP contribution in [0.1, 0.15) is 65.1 Å². The Morgan fingerprint density at radius 1 is 1.14 bits per heavy atom. The highest BCUT2D eigenvalue weighted by atomic mass is 15.2. The van der Waals surface area contributed by atoms with Crippen LogP contribution in [0.2, 0.25) is 0 Å². The normalized spacial score (nSPS) is 11.4. The molecule has 0 saturated heterocycles. The number of unbranched alkanes of at least 4 members (excludes halogenated alkanes) is 2. The van der Waals surface area contributed by atoms with Gasteiger partial charge >= 0.3 is 0 Å². The Kier molecular flexibility index (Phi) is 7.73. The first-order valence-electron chi connectivity index (χ1n) is 8.42. The van der Waals surface area contributed by atoms with Gasteiger partial charge in [-0.25, -0.2) is 4.98 Å². The van der Waals surface area contributed by atoms with E-state index in [9.17, 15) is 0 Å². The van der Waals surface area contributed by atoms with Crippen molar-refractivity contribution in [3.8, 4) is 0 Å². The average Bonchev–Trinajstić information content (AvgIpc) is 2.41. The third-order valence-electron chi connectivity index (χ3n) is 3.80. The molecule has 0 atom stereocenters. The Hall–Kier alpha value is -1.09. The second kappa shape index (κ2) is 9.04. The monoisotopic (exact) mass is 291 g/mol. The lowest BCUT2D eigenvalue weighted by Crippen LogP contribution is -2.32. The Balaban J connectivity index is 2.78. The zero-order chi connectivity index (χ0) is 15.8. The molecule has 0 unspecified atom stereocenters. The summed E-state index contributed by atoms with van der Waals surface area (Å²) in [4.78, 5) is 7.26. The molecule has 0 amide bonds. The van der Waals surface area contributed by atoms with Gasteiger partial charge < -0.3 is 10.2 Å². The molecule has 0 bridgehead atoms. The van der Waals surface area contributed by atoms with Crippen molar-refractivity contribution in [2.45, 2.75) is 79.4 Å². The van der Waals surface area contributed by atoms with Gasteiger partial charge in [0, 0.05) is 30.9 Å². The van der Waals surface area contributed by atoms with E-state index in [0.29, 0.717) is 12.1 Å². The first-order valence-corrected chi connectivity index (χ1v) is 8.42. The highest BCUT2D eigenvalue weighted by molar-refractivity contribution is 5.42. The van der Waals surface area contributed by atoms with Crippen molar-refractivity contribution in [1.29, 1.82) is 0 Å². The summed E-state index contributed by atoms with van der Waals surface area (Å²) in [7, 11) is 0. The molecule has 1 heterocycles. The summed E-state index contributed by atoms with van der Waals surface area (Å²) < 4.78 is 0. The van der Waals surface area contributed by atoms with E-state index in [0.717, 1.165) is 24.6 Å². The molecule has 0 aromatic carbocycles. The van der Waals surface area contributed by atoms with Gasteiger partial charge in [-0.1, -0.05) is 39.7 Å². The molecule has 3 heteroatoms. The number of anilines is 1. The van der Waals surface area contributed by atoms with Crippen LogP contribution in [0.15, 0.2) is 12.1 Å². The maximum Gasteiger partial charge on any atom is 0.129 e. The van der Waals surface area contributed by atoms with Crippen molar-refractivity contribution in [3.05, 3.63) is 23.4 Å². The summed E-state index contributed by atoms with van der Waals surface area (Å²) in [5.41, 5.74) is 2.44. The summed E-state index contributed by atoms with van der Waals surface area (Å²) in [6.45, 7) is 15.2. The molecule has 0 radical (unpaired) electrons. The van der Waals surface area contributed by atoms with Gasteiger partial charge in [-0.3, -0.25) is 0 Å². The molecule has 0 saturated carbocycles. The Labute approximate surface area is 131 Å². The van der Waals surface area contributed by atoms with Gasteiger partial charge in [0.25, 0.3) is 0 Å². The maximum absolute atomic E-state index is 4.84. The fourth-order valence-electron chi connectivity index (χ4n) is 2.41. The molecule has 21 heavy (non-hydrogen) atoms. The average molecular weight is 291 g/mol. The number of nitrogens with one attached hydrogen (secondary N) is 1. The number of aryl methyl sites for hydroxylation is 1. The van der Waals surface area contributed by atoms with Gasteiger partial charge in [-0.05, 0) is 38.8 Å². The standard InChI is InChI=1S/C18H33N3/c1-7-8-9-12-21(15(4)5)18-11-10-17(16(6)20-18)13-19-14(2)3/h10-11,14-15,19H,7-9,12-13H2,1-6H3. The summed E-state index contributed by atoms with van der Waals surface area (Å²) in [5, 5.41) is 3.46. The van der Waals surface area contributed by atoms with E-state index >= 15 is 0 Å². The van der Waals surface area contributed by atoms with Crippen LogP contribution in [-0.4, -0.2) is 23.6 Å². The van der Waals surface area contributed by atoms with Crippen LogP contribution in [0, 0.1) is 6.92 Å². The Morgan fingerprint density at radius 2 is 1.86 bits per heavy atom. The summed E-state index contributed by atoms with van der Waals surface area (Å²) in [6.07, 6.45) is 3.79. The lowest BCUT2D eigenvalue weighted by atomic mass is 10.1. The SMILES string of the molecule is CCCCCN(c1ccc(CNC(C)C)c(C)n1)C(C)C. The van der Waals surface area contributed by atoms with Gasteiger partial charge in [-0.15, -0.1) is 0 Å².